The van der Waals surface area contributed by atoms with Crippen LogP contribution in [0.5, 0.6) is 5.75 Å². The van der Waals surface area contributed by atoms with Crippen molar-refractivity contribution in [2.24, 2.45) is 23.3 Å². The van der Waals surface area contributed by atoms with Crippen LogP contribution in [0.2, 0.25) is 0 Å². The number of phenolic OH excluding ortho intramolecular Hbond substituents is 1. The summed E-state index contributed by atoms with van der Waals surface area (Å²) in [4.78, 5) is 128. The van der Waals surface area contributed by atoms with Crippen molar-refractivity contribution in [2.45, 2.75) is 115 Å². The zero-order chi connectivity index (χ0) is 49.6. The Morgan fingerprint density at radius 2 is 1.00 bits per heavy atom. The monoisotopic (exact) mass is 940 g/mol. The first-order valence-corrected chi connectivity index (χ1v) is 21.3. The molecule has 1 aromatic carbocycles. The molecule has 0 saturated carbocycles. The zero-order valence-corrected chi connectivity index (χ0v) is 37.8. The highest BCUT2D eigenvalue weighted by molar-refractivity contribution is 7.80. The second kappa shape index (κ2) is 28.7. The Hall–Kier alpha value is -6.05. The minimum absolute atomic E-state index is 0.000437. The maximum absolute atomic E-state index is 13.8. The number of nitrogens with two attached hydrogens (primary N) is 2. The molecular weight excluding hydrogens is 877 g/mol. The molecule has 0 fully saturated rings. The van der Waals surface area contributed by atoms with Crippen molar-refractivity contribution in [3.05, 3.63) is 29.8 Å². The molecule has 0 radical (unpaired) electrons. The first-order chi connectivity index (χ1) is 30.4. The summed E-state index contributed by atoms with van der Waals surface area (Å²) in [5.41, 5.74) is 11.3. The van der Waals surface area contributed by atoms with Crippen LogP contribution < -0.4 is 54.0 Å². The van der Waals surface area contributed by atoms with Crippen molar-refractivity contribution >= 4 is 71.8 Å². The summed E-state index contributed by atoms with van der Waals surface area (Å²) in [6.07, 6.45) is -0.823. The normalized spacial score (nSPS) is 14.8. The number of primary amides is 1. The second-order valence-corrected chi connectivity index (χ2v) is 16.4. The molecule has 25 heteroatoms. The molecule has 1 rings (SSSR count). The second-order valence-electron chi connectivity index (χ2n) is 16.0. The van der Waals surface area contributed by atoms with E-state index in [-0.39, 0.29) is 49.0 Å². The Kier molecular flexibility index (Phi) is 25.1. The lowest BCUT2D eigenvalue weighted by molar-refractivity contribution is -0.141. The predicted molar refractivity (Wildman–Crippen MR) is 235 cm³/mol. The summed E-state index contributed by atoms with van der Waals surface area (Å²) in [5.74, 6) is -10.4. The van der Waals surface area contributed by atoms with Crippen molar-refractivity contribution in [3.8, 4) is 5.75 Å². The van der Waals surface area contributed by atoms with Crippen molar-refractivity contribution in [2.75, 3.05) is 25.5 Å². The lowest BCUT2D eigenvalue weighted by atomic mass is 10.0. The number of hydrogen-bond donors (Lipinski definition) is 15. The van der Waals surface area contributed by atoms with Gasteiger partial charge >= 0.3 is 5.97 Å². The minimum Gasteiger partial charge on any atom is -0.508 e. The molecule has 0 saturated heterocycles. The molecule has 0 aliphatic rings. The molecule has 0 heterocycles. The molecule has 0 bridgehead atoms. The van der Waals surface area contributed by atoms with Crippen LogP contribution in [0, 0.1) is 11.8 Å². The zero-order valence-electron chi connectivity index (χ0n) is 36.9. The van der Waals surface area contributed by atoms with Crippen molar-refractivity contribution in [1.82, 2.24) is 42.5 Å². The third-order valence-electron chi connectivity index (χ3n) is 9.29. The highest BCUT2D eigenvalue weighted by Gasteiger charge is 2.33. The Bertz CT molecular complexity index is 1820. The Morgan fingerprint density at radius 3 is 1.46 bits per heavy atom. The summed E-state index contributed by atoms with van der Waals surface area (Å²) in [6, 6.07) is -5.63. The molecular formula is C40H64N10O14S. The Labute approximate surface area is 381 Å². The lowest BCUT2D eigenvalue weighted by Gasteiger charge is -2.26. The van der Waals surface area contributed by atoms with E-state index >= 15 is 0 Å². The van der Waals surface area contributed by atoms with Gasteiger partial charge in [-0.3, -0.25) is 43.2 Å². The number of rotatable bonds is 29. The number of phenols is 1. The topological polar surface area (TPSA) is 400 Å². The number of hydrogen-bond acceptors (Lipinski definition) is 15. The molecule has 0 aliphatic carbocycles. The van der Waals surface area contributed by atoms with E-state index in [1.54, 1.807) is 27.7 Å². The summed E-state index contributed by atoms with van der Waals surface area (Å²) < 4.78 is 0. The SMILES string of the molecule is CC(C)C[C@H](NC(=O)CNC(=O)[C@H](CO)NC(=O)[C@H](CO)NC(=O)[C@H](CC(C)C)NC(=O)[C@H](C)N)C(=O)N[C@@H](Cc1ccc(O)cc1)C(=O)N[C@@H](CCC(N)=O)C(=O)N[C@@H](CS)C(=O)O. The standard InChI is InChI=1S/C40H64N10O14S/c1-19(2)12-25(44-32(55)15-43-34(57)28(16-51)48-39(62)29(17-52)49-37(60)26(13-20(3)4)46-33(56)21(5)41)36(59)47-27(14-22-6-8-23(53)9-7-22)38(61)45-24(10-11-31(42)54)35(58)50-30(18-65)40(63)64/h6-9,19-21,24-30,51-53,65H,10-18,41H2,1-5H3,(H2,42,54)(H,43,57)(H,44,55)(H,45,61)(H,46,56)(H,47,59)(H,48,62)(H,49,60)(H,50,58)(H,63,64)/t21-,24-,25-,26-,27-,28-,29-,30-/m0/s1. The minimum atomic E-state index is -1.69. The number of benzene rings is 1. The number of amides is 9. The number of nitrogens with one attached hydrogen (secondary N) is 8. The summed E-state index contributed by atoms with van der Waals surface area (Å²) >= 11 is 3.91. The van der Waals surface area contributed by atoms with Gasteiger partial charge in [0.15, 0.2) is 0 Å². The van der Waals surface area contributed by atoms with Gasteiger partial charge in [0.2, 0.25) is 53.2 Å². The van der Waals surface area contributed by atoms with E-state index in [0.717, 1.165) is 0 Å². The molecule has 24 nitrogen and oxygen atoms in total. The fourth-order valence-electron chi connectivity index (χ4n) is 5.81. The number of carboxylic acids is 1. The highest BCUT2D eigenvalue weighted by atomic mass is 32.1. The fraction of sp³-hybridized carbons (Fsp3) is 0.600. The molecule has 0 unspecified atom stereocenters. The van der Waals surface area contributed by atoms with Crippen LogP contribution in [0.3, 0.4) is 0 Å². The van der Waals surface area contributed by atoms with Gasteiger partial charge in [0, 0.05) is 18.6 Å². The number of thiol groups is 1. The van der Waals surface area contributed by atoms with Gasteiger partial charge in [0.1, 0.15) is 48.0 Å². The molecule has 0 aromatic heterocycles. The van der Waals surface area contributed by atoms with Crippen LogP contribution >= 0.6 is 12.6 Å². The Morgan fingerprint density at radius 1 is 0.585 bits per heavy atom. The van der Waals surface area contributed by atoms with Crippen LogP contribution in [-0.4, -0.2) is 153 Å². The van der Waals surface area contributed by atoms with Crippen molar-refractivity contribution in [1.29, 1.82) is 0 Å². The number of carboxylic acid groups (broad SMARTS) is 1. The molecule has 0 spiro atoms. The van der Waals surface area contributed by atoms with Crippen molar-refractivity contribution in [3.63, 3.8) is 0 Å². The van der Waals surface area contributed by atoms with E-state index in [4.69, 9.17) is 11.5 Å². The van der Waals surface area contributed by atoms with E-state index < -0.39 is 134 Å². The number of aliphatic hydroxyl groups excluding tert-OH is 2. The molecule has 8 atom stereocenters. The molecule has 65 heavy (non-hydrogen) atoms. The first-order valence-electron chi connectivity index (χ1n) is 20.7. The van der Waals surface area contributed by atoms with E-state index in [0.29, 0.717) is 5.56 Å². The van der Waals surface area contributed by atoms with Gasteiger partial charge in [0.25, 0.3) is 0 Å². The van der Waals surface area contributed by atoms with Gasteiger partial charge in [-0.2, -0.15) is 12.6 Å². The van der Waals surface area contributed by atoms with Crippen LogP contribution in [0.25, 0.3) is 0 Å². The third kappa shape index (κ3) is 21.5. The lowest BCUT2D eigenvalue weighted by Crippen LogP contribution is -2.60. The quantitative estimate of drug-likeness (QED) is 0.0335. The van der Waals surface area contributed by atoms with E-state index in [9.17, 15) is 68.4 Å². The van der Waals surface area contributed by atoms with Crippen LogP contribution in [0.1, 0.15) is 65.9 Å². The van der Waals surface area contributed by atoms with Crippen LogP contribution in [0.4, 0.5) is 0 Å². The molecule has 0 aliphatic heterocycles. The van der Waals surface area contributed by atoms with Gasteiger partial charge in [-0.1, -0.05) is 39.8 Å². The molecule has 16 N–H and O–H groups in total. The molecule has 9 amide bonds. The van der Waals surface area contributed by atoms with Gasteiger partial charge in [-0.15, -0.1) is 0 Å². The van der Waals surface area contributed by atoms with Gasteiger partial charge in [0.05, 0.1) is 25.8 Å². The van der Waals surface area contributed by atoms with Gasteiger partial charge in [-0.05, 0) is 55.7 Å². The summed E-state index contributed by atoms with van der Waals surface area (Å²) in [6.45, 7) is 5.69. The number of carbonyl (C=O) groups is 10. The largest absolute Gasteiger partial charge is 0.508 e. The maximum atomic E-state index is 13.8. The number of aromatic hydroxyl groups is 1. The average Bonchev–Trinajstić information content (AvgIpc) is 3.23. The average molecular weight is 941 g/mol. The first kappa shape index (κ1) is 57.0. The van der Waals surface area contributed by atoms with Gasteiger partial charge < -0.3 is 74.4 Å². The predicted octanol–water partition coefficient (Wildman–Crippen LogP) is -4.85. The summed E-state index contributed by atoms with van der Waals surface area (Å²) in [7, 11) is 0. The van der Waals surface area contributed by atoms with E-state index in [1.807, 2.05) is 0 Å². The van der Waals surface area contributed by atoms with E-state index in [1.165, 1.54) is 31.2 Å². The molecule has 1 aromatic rings. The van der Waals surface area contributed by atoms with Crippen LogP contribution in [-0.2, 0) is 54.4 Å². The number of aliphatic hydroxyl groups is 2. The smallest absolute Gasteiger partial charge is 0.327 e. The number of aliphatic carboxylic acids is 1. The Balaban J connectivity index is 3.19. The molecule has 364 valence electrons. The van der Waals surface area contributed by atoms with Crippen LogP contribution in [0.15, 0.2) is 24.3 Å². The highest BCUT2D eigenvalue weighted by Crippen LogP contribution is 2.13. The fourth-order valence-corrected chi connectivity index (χ4v) is 6.06. The van der Waals surface area contributed by atoms with Crippen molar-refractivity contribution < 1.29 is 68.4 Å². The van der Waals surface area contributed by atoms with E-state index in [2.05, 4.69) is 55.2 Å². The van der Waals surface area contributed by atoms with Gasteiger partial charge in [-0.25, -0.2) is 4.79 Å². The number of carbonyl (C=O) groups excluding carboxylic acids is 9. The summed E-state index contributed by atoms with van der Waals surface area (Å²) in [5, 5.41) is 57.8. The maximum Gasteiger partial charge on any atom is 0.327 e. The third-order valence-corrected chi connectivity index (χ3v) is 9.65.